The fraction of sp³-hybridized carbons (Fsp3) is 0.267. The third kappa shape index (κ3) is 3.13. The molecule has 5 N–H and O–H groups in total. The van der Waals surface area contributed by atoms with Gasteiger partial charge in [0.2, 0.25) is 0 Å². The topological polar surface area (TPSA) is 161 Å². The van der Waals surface area contributed by atoms with E-state index in [2.05, 4.69) is 32.1 Å². The Labute approximate surface area is 143 Å². The Kier molecular flexibility index (Phi) is 4.09. The van der Waals surface area contributed by atoms with Gasteiger partial charge in [-0.2, -0.15) is 0 Å². The number of carbonyl (C=O) groups excluding carboxylic acids is 1. The van der Waals surface area contributed by atoms with Gasteiger partial charge in [-0.05, 0) is 26.0 Å². The minimum atomic E-state index is -0.939. The van der Waals surface area contributed by atoms with Crippen molar-refractivity contribution in [3.8, 4) is 11.5 Å². The lowest BCUT2D eigenvalue weighted by molar-refractivity contribution is -0.111. The van der Waals surface area contributed by atoms with E-state index in [1.807, 2.05) is 11.5 Å². The van der Waals surface area contributed by atoms with Gasteiger partial charge in [-0.1, -0.05) is 0 Å². The van der Waals surface area contributed by atoms with Gasteiger partial charge in [0.25, 0.3) is 11.9 Å². The zero-order valence-corrected chi connectivity index (χ0v) is 13.8. The van der Waals surface area contributed by atoms with Gasteiger partial charge in [0.05, 0.1) is 11.9 Å². The van der Waals surface area contributed by atoms with Gasteiger partial charge in [0.1, 0.15) is 5.69 Å². The zero-order chi connectivity index (χ0) is 18.1. The number of aliphatic imine (C=N–C) groups is 2. The molecule has 0 bridgehead atoms. The number of hydrogen-bond donors (Lipinski definition) is 3. The first-order valence-electron chi connectivity index (χ1n) is 7.55. The summed E-state index contributed by atoms with van der Waals surface area (Å²) < 4.78 is 1.94. The number of carbonyl (C=O) groups is 1. The van der Waals surface area contributed by atoms with Crippen LogP contribution in [0.1, 0.15) is 26.3 Å². The number of nitrogens with two attached hydrogens (primary N) is 2. The van der Waals surface area contributed by atoms with Crippen LogP contribution in [0.25, 0.3) is 11.5 Å². The maximum atomic E-state index is 10.9. The number of nitrogens with one attached hydrogen (secondary N) is 1. The Balaban J connectivity index is 1.91. The Morgan fingerprint density at radius 2 is 2.12 bits per heavy atom. The van der Waals surface area contributed by atoms with E-state index in [4.69, 9.17) is 16.9 Å². The molecule has 3 heterocycles. The number of aromatic nitrogens is 4. The van der Waals surface area contributed by atoms with Crippen LogP contribution in [-0.4, -0.2) is 42.9 Å². The molecule has 10 nitrogen and oxygen atoms in total. The molecule has 1 amide bonds. The fourth-order valence-corrected chi connectivity index (χ4v) is 2.58. The number of nitrogens with zero attached hydrogens (tertiary/aromatic N) is 6. The molecular weight excluding hydrogens is 322 g/mol. The number of primary amides is 1. The van der Waals surface area contributed by atoms with Gasteiger partial charge in [-0.25, -0.2) is 9.98 Å². The average molecular weight is 339 g/mol. The molecule has 0 aromatic carbocycles. The molecular formula is C15H17N9O. The lowest BCUT2D eigenvalue weighted by Gasteiger charge is -2.20. The zero-order valence-electron chi connectivity index (χ0n) is 13.8. The summed E-state index contributed by atoms with van der Waals surface area (Å²) in [7, 11) is 0. The lowest BCUT2D eigenvalue weighted by Crippen LogP contribution is -2.34. The molecule has 10 heteroatoms. The molecule has 2 aromatic heterocycles. The number of rotatable bonds is 4. The van der Waals surface area contributed by atoms with Crippen LogP contribution in [0.5, 0.6) is 0 Å². The quantitative estimate of drug-likeness (QED) is 0.556. The molecule has 1 aliphatic rings. The van der Waals surface area contributed by atoms with Crippen LogP contribution in [0.4, 0.5) is 11.6 Å². The van der Waals surface area contributed by atoms with E-state index >= 15 is 0 Å². The minimum absolute atomic E-state index is 0.184. The Hall–Kier alpha value is -3.43. The van der Waals surface area contributed by atoms with Crippen LogP contribution >= 0.6 is 0 Å². The van der Waals surface area contributed by atoms with Gasteiger partial charge in [0.15, 0.2) is 17.4 Å². The Morgan fingerprint density at radius 3 is 2.76 bits per heavy atom. The summed E-state index contributed by atoms with van der Waals surface area (Å²) in [5.74, 6) is -0.0208. The van der Waals surface area contributed by atoms with Crippen molar-refractivity contribution < 1.29 is 4.79 Å². The second kappa shape index (κ2) is 6.23. The van der Waals surface area contributed by atoms with E-state index in [0.29, 0.717) is 23.2 Å². The standard InChI is InChI=1S/C15H17N9O/c1-7-5-8(2)24-14(22-23-15(24)20-7)10-4-3-9(6-19-10)21-12(17)11(16)13(18)25/h3-4,6,8,16H,5H2,1-2H3,(H2,17,21)(H2,18,25). The molecule has 1 aliphatic heterocycles. The van der Waals surface area contributed by atoms with Crippen molar-refractivity contribution >= 4 is 34.8 Å². The van der Waals surface area contributed by atoms with Crippen molar-refractivity contribution in [3.63, 3.8) is 0 Å². The first-order valence-corrected chi connectivity index (χ1v) is 7.55. The summed E-state index contributed by atoms with van der Waals surface area (Å²) in [6, 6.07) is 3.56. The average Bonchev–Trinajstić information content (AvgIpc) is 2.98. The smallest absolute Gasteiger partial charge is 0.270 e. The molecule has 1 unspecified atom stereocenters. The van der Waals surface area contributed by atoms with Crippen LogP contribution in [0, 0.1) is 5.41 Å². The summed E-state index contributed by atoms with van der Waals surface area (Å²) in [6.07, 6.45) is 2.30. The van der Waals surface area contributed by atoms with Gasteiger partial charge < -0.3 is 11.5 Å². The van der Waals surface area contributed by atoms with Gasteiger partial charge in [-0.15, -0.1) is 10.2 Å². The van der Waals surface area contributed by atoms with Crippen LogP contribution in [0.15, 0.2) is 28.3 Å². The highest BCUT2D eigenvalue weighted by molar-refractivity contribution is 6.65. The predicted octanol–water partition coefficient (Wildman–Crippen LogP) is 0.891. The summed E-state index contributed by atoms with van der Waals surface area (Å²) in [5, 5.41) is 15.7. The van der Waals surface area contributed by atoms with Gasteiger partial charge in [0, 0.05) is 18.2 Å². The highest BCUT2D eigenvalue weighted by Crippen LogP contribution is 2.31. The molecule has 128 valence electrons. The molecule has 0 radical (unpaired) electrons. The number of hydrogen-bond acceptors (Lipinski definition) is 7. The number of amides is 1. The normalized spacial score (nSPS) is 17.0. The van der Waals surface area contributed by atoms with Crippen LogP contribution in [0.3, 0.4) is 0 Å². The van der Waals surface area contributed by atoms with E-state index < -0.39 is 11.6 Å². The summed E-state index contributed by atoms with van der Waals surface area (Å²) >= 11 is 0. The summed E-state index contributed by atoms with van der Waals surface area (Å²) in [5.41, 5.74) is 12.0. The molecule has 0 saturated heterocycles. The third-order valence-electron chi connectivity index (χ3n) is 3.73. The van der Waals surface area contributed by atoms with Gasteiger partial charge in [-0.3, -0.25) is 19.8 Å². The van der Waals surface area contributed by atoms with E-state index in [0.717, 1.165) is 12.1 Å². The summed E-state index contributed by atoms with van der Waals surface area (Å²) in [6.45, 7) is 4.04. The van der Waals surface area contributed by atoms with Crippen molar-refractivity contribution in [3.05, 3.63) is 18.3 Å². The lowest BCUT2D eigenvalue weighted by atomic mass is 10.1. The second-order valence-corrected chi connectivity index (χ2v) is 5.73. The number of pyridine rings is 1. The van der Waals surface area contributed by atoms with Crippen molar-refractivity contribution in [1.29, 1.82) is 5.41 Å². The first kappa shape index (κ1) is 16.4. The fourth-order valence-electron chi connectivity index (χ4n) is 2.58. The van der Waals surface area contributed by atoms with Crippen LogP contribution in [0.2, 0.25) is 0 Å². The molecule has 25 heavy (non-hydrogen) atoms. The van der Waals surface area contributed by atoms with E-state index in [1.54, 1.807) is 12.1 Å². The second-order valence-electron chi connectivity index (χ2n) is 5.73. The van der Waals surface area contributed by atoms with Gasteiger partial charge >= 0.3 is 0 Å². The van der Waals surface area contributed by atoms with Crippen molar-refractivity contribution in [2.45, 2.75) is 26.3 Å². The first-order chi connectivity index (χ1) is 11.9. The Morgan fingerprint density at radius 1 is 1.36 bits per heavy atom. The van der Waals surface area contributed by atoms with Crippen molar-refractivity contribution in [2.75, 3.05) is 0 Å². The predicted molar refractivity (Wildman–Crippen MR) is 93.6 cm³/mol. The van der Waals surface area contributed by atoms with E-state index in [-0.39, 0.29) is 11.9 Å². The maximum absolute atomic E-state index is 10.9. The molecule has 1 atom stereocenters. The summed E-state index contributed by atoms with van der Waals surface area (Å²) in [4.78, 5) is 23.6. The monoisotopic (exact) mass is 339 g/mol. The van der Waals surface area contributed by atoms with E-state index in [1.165, 1.54) is 6.20 Å². The van der Waals surface area contributed by atoms with Crippen LogP contribution < -0.4 is 11.5 Å². The largest absolute Gasteiger partial charge is 0.382 e. The van der Waals surface area contributed by atoms with Crippen LogP contribution in [-0.2, 0) is 4.79 Å². The molecule has 0 fully saturated rings. The third-order valence-corrected chi connectivity index (χ3v) is 3.73. The number of amidine groups is 1. The number of fused-ring (bicyclic) bond motifs is 1. The SMILES string of the molecule is CC1=Nc2nnc(-c3ccc(N=C(N)C(=N)C(N)=O)cn3)n2C(C)C1. The molecule has 0 saturated carbocycles. The maximum Gasteiger partial charge on any atom is 0.270 e. The van der Waals surface area contributed by atoms with Crippen molar-refractivity contribution in [1.82, 2.24) is 19.7 Å². The molecule has 2 aromatic rings. The molecule has 0 aliphatic carbocycles. The minimum Gasteiger partial charge on any atom is -0.382 e. The van der Waals surface area contributed by atoms with Crippen molar-refractivity contribution in [2.24, 2.45) is 21.5 Å². The Bertz CT molecular complexity index is 908. The van der Waals surface area contributed by atoms with E-state index in [9.17, 15) is 4.79 Å². The highest BCUT2D eigenvalue weighted by Gasteiger charge is 2.23. The molecule has 0 spiro atoms. The molecule has 3 rings (SSSR count). The highest BCUT2D eigenvalue weighted by atomic mass is 16.1.